The molecule has 0 fully saturated rings. The van der Waals surface area contributed by atoms with Crippen molar-refractivity contribution < 1.29 is 4.74 Å². The molecule has 0 amide bonds. The first-order chi connectivity index (χ1) is 8.28. The van der Waals surface area contributed by atoms with E-state index >= 15 is 0 Å². The first-order valence-electron chi connectivity index (χ1n) is 5.38. The number of aromatic nitrogens is 3. The van der Waals surface area contributed by atoms with Crippen molar-refractivity contribution in [1.29, 1.82) is 0 Å². The van der Waals surface area contributed by atoms with E-state index in [1.807, 2.05) is 25.3 Å². The lowest BCUT2D eigenvalue weighted by molar-refractivity contribution is 0.326. The first-order valence-corrected chi connectivity index (χ1v) is 6.26. The van der Waals surface area contributed by atoms with Crippen LogP contribution in [-0.2, 0) is 6.54 Å². The van der Waals surface area contributed by atoms with Gasteiger partial charge in [0.2, 0.25) is 11.8 Å². The fourth-order valence-corrected chi connectivity index (χ4v) is 1.89. The van der Waals surface area contributed by atoms with Crippen molar-refractivity contribution in [3.05, 3.63) is 28.3 Å². The molecule has 0 saturated carbocycles. The molecule has 0 atom stereocenters. The number of aryl methyl sites for hydroxylation is 1. The van der Waals surface area contributed by atoms with Crippen LogP contribution in [0.3, 0.4) is 0 Å². The van der Waals surface area contributed by atoms with Crippen LogP contribution in [0.15, 0.2) is 17.6 Å². The molecule has 2 aromatic rings. The molecule has 2 rings (SSSR count). The molecular weight excluding hydrogens is 236 g/mol. The highest BCUT2D eigenvalue weighted by Gasteiger charge is 2.03. The van der Waals surface area contributed by atoms with Gasteiger partial charge in [-0.05, 0) is 13.8 Å². The summed E-state index contributed by atoms with van der Waals surface area (Å²) >= 11 is 1.60. The van der Waals surface area contributed by atoms with Crippen LogP contribution in [0, 0.1) is 6.92 Å². The zero-order valence-corrected chi connectivity index (χ0v) is 10.6. The molecule has 17 heavy (non-hydrogen) atoms. The molecule has 0 unspecified atom stereocenters. The van der Waals surface area contributed by atoms with E-state index in [1.54, 1.807) is 17.5 Å². The smallest absolute Gasteiger partial charge is 0.226 e. The van der Waals surface area contributed by atoms with Crippen molar-refractivity contribution in [2.24, 2.45) is 0 Å². The SMILES string of the molecule is CCOc1cc(C)nc(NCc2nccs2)n1. The Balaban J connectivity index is 2.04. The Hall–Kier alpha value is -1.69. The van der Waals surface area contributed by atoms with Gasteiger partial charge in [0.1, 0.15) is 5.01 Å². The zero-order valence-electron chi connectivity index (χ0n) is 9.80. The van der Waals surface area contributed by atoms with Crippen molar-refractivity contribution in [2.75, 3.05) is 11.9 Å². The highest BCUT2D eigenvalue weighted by molar-refractivity contribution is 7.09. The largest absolute Gasteiger partial charge is 0.478 e. The van der Waals surface area contributed by atoms with Crippen molar-refractivity contribution in [2.45, 2.75) is 20.4 Å². The average Bonchev–Trinajstić information content (AvgIpc) is 2.79. The van der Waals surface area contributed by atoms with Crippen LogP contribution in [0.5, 0.6) is 5.88 Å². The van der Waals surface area contributed by atoms with Gasteiger partial charge in [0.15, 0.2) is 0 Å². The van der Waals surface area contributed by atoms with Gasteiger partial charge in [0.25, 0.3) is 0 Å². The van der Waals surface area contributed by atoms with Crippen LogP contribution in [0.1, 0.15) is 17.6 Å². The number of hydrogen-bond donors (Lipinski definition) is 1. The summed E-state index contributed by atoms with van der Waals surface area (Å²) in [5.41, 5.74) is 0.880. The summed E-state index contributed by atoms with van der Waals surface area (Å²) in [6.45, 7) is 5.08. The minimum Gasteiger partial charge on any atom is -0.478 e. The number of ether oxygens (including phenoxy) is 1. The second-order valence-corrected chi connectivity index (χ2v) is 4.36. The van der Waals surface area contributed by atoms with Gasteiger partial charge >= 0.3 is 0 Å². The molecule has 0 radical (unpaired) electrons. The number of thiazole rings is 1. The summed E-state index contributed by atoms with van der Waals surface area (Å²) < 4.78 is 5.36. The number of nitrogens with zero attached hydrogens (tertiary/aromatic N) is 3. The lowest BCUT2D eigenvalue weighted by Crippen LogP contribution is -2.06. The number of hydrogen-bond acceptors (Lipinski definition) is 6. The van der Waals surface area contributed by atoms with E-state index in [1.165, 1.54) is 0 Å². The van der Waals surface area contributed by atoms with Gasteiger partial charge in [-0.2, -0.15) is 4.98 Å². The van der Waals surface area contributed by atoms with Crippen LogP contribution < -0.4 is 10.1 Å². The first kappa shape index (κ1) is 11.8. The zero-order chi connectivity index (χ0) is 12.1. The van der Waals surface area contributed by atoms with Crippen molar-refractivity contribution in [3.63, 3.8) is 0 Å². The molecule has 0 spiro atoms. The van der Waals surface area contributed by atoms with Crippen molar-refractivity contribution in [3.8, 4) is 5.88 Å². The normalized spacial score (nSPS) is 10.2. The van der Waals surface area contributed by atoms with Gasteiger partial charge in [0.05, 0.1) is 13.2 Å². The second-order valence-electron chi connectivity index (χ2n) is 3.38. The third-order valence-electron chi connectivity index (χ3n) is 2.00. The number of rotatable bonds is 5. The molecule has 90 valence electrons. The maximum absolute atomic E-state index is 5.36. The van der Waals surface area contributed by atoms with E-state index in [-0.39, 0.29) is 0 Å². The van der Waals surface area contributed by atoms with Gasteiger partial charge in [-0.15, -0.1) is 11.3 Å². The Bertz CT molecular complexity index is 472. The maximum Gasteiger partial charge on any atom is 0.226 e. The van der Waals surface area contributed by atoms with Crippen molar-refractivity contribution in [1.82, 2.24) is 15.0 Å². The van der Waals surface area contributed by atoms with Gasteiger partial charge in [-0.3, -0.25) is 0 Å². The van der Waals surface area contributed by atoms with Crippen LogP contribution >= 0.6 is 11.3 Å². The Morgan fingerprint density at radius 3 is 3.00 bits per heavy atom. The molecule has 0 aromatic carbocycles. The molecule has 0 bridgehead atoms. The molecular formula is C11H14N4OS. The standard InChI is InChI=1S/C11H14N4OS/c1-3-16-9-6-8(2)14-11(15-9)13-7-10-12-4-5-17-10/h4-6H,3,7H2,1-2H3,(H,13,14,15). The van der Waals surface area contributed by atoms with Gasteiger partial charge in [0, 0.05) is 23.3 Å². The Morgan fingerprint density at radius 2 is 2.29 bits per heavy atom. The molecule has 5 nitrogen and oxygen atoms in total. The quantitative estimate of drug-likeness (QED) is 0.882. The average molecular weight is 250 g/mol. The summed E-state index contributed by atoms with van der Waals surface area (Å²) in [5.74, 6) is 1.17. The third kappa shape index (κ3) is 3.39. The number of anilines is 1. The predicted molar refractivity (Wildman–Crippen MR) is 67.4 cm³/mol. The minimum absolute atomic E-state index is 0.573. The van der Waals surface area contributed by atoms with Crippen molar-refractivity contribution >= 4 is 17.3 Å². The maximum atomic E-state index is 5.36. The van der Waals surface area contributed by atoms with E-state index in [4.69, 9.17) is 4.74 Å². The summed E-state index contributed by atoms with van der Waals surface area (Å²) in [7, 11) is 0. The van der Waals surface area contributed by atoms with Gasteiger partial charge in [-0.1, -0.05) is 0 Å². The van der Waals surface area contributed by atoms with Crippen LogP contribution in [0.25, 0.3) is 0 Å². The molecule has 6 heteroatoms. The molecule has 0 aliphatic heterocycles. The molecule has 2 aromatic heterocycles. The lowest BCUT2D eigenvalue weighted by atomic mass is 10.4. The second kappa shape index (κ2) is 5.58. The summed E-state index contributed by atoms with van der Waals surface area (Å²) in [5, 5.41) is 6.08. The number of nitrogens with one attached hydrogen (secondary N) is 1. The van der Waals surface area contributed by atoms with E-state index in [9.17, 15) is 0 Å². The Morgan fingerprint density at radius 1 is 1.41 bits per heavy atom. The Kier molecular flexibility index (Phi) is 3.87. The third-order valence-corrected chi connectivity index (χ3v) is 2.78. The van der Waals surface area contributed by atoms with Crippen LogP contribution in [-0.4, -0.2) is 21.6 Å². The summed E-state index contributed by atoms with van der Waals surface area (Å²) in [4.78, 5) is 12.7. The van der Waals surface area contributed by atoms with E-state index < -0.39 is 0 Å². The van der Waals surface area contributed by atoms with Crippen LogP contribution in [0.4, 0.5) is 5.95 Å². The summed E-state index contributed by atoms with van der Waals surface area (Å²) in [6, 6.07) is 1.82. The van der Waals surface area contributed by atoms with E-state index in [0.717, 1.165) is 10.7 Å². The van der Waals surface area contributed by atoms with E-state index in [0.29, 0.717) is 25.0 Å². The van der Waals surface area contributed by atoms with Crippen LogP contribution in [0.2, 0.25) is 0 Å². The predicted octanol–water partition coefficient (Wildman–Crippen LogP) is 2.25. The minimum atomic E-state index is 0.573. The Labute approximate surface area is 104 Å². The summed E-state index contributed by atoms with van der Waals surface area (Å²) in [6.07, 6.45) is 1.78. The lowest BCUT2D eigenvalue weighted by Gasteiger charge is -2.07. The molecule has 0 saturated heterocycles. The van der Waals surface area contributed by atoms with Gasteiger partial charge < -0.3 is 10.1 Å². The van der Waals surface area contributed by atoms with Gasteiger partial charge in [-0.25, -0.2) is 9.97 Å². The fourth-order valence-electron chi connectivity index (χ4n) is 1.34. The highest BCUT2D eigenvalue weighted by atomic mass is 32.1. The monoisotopic (exact) mass is 250 g/mol. The fraction of sp³-hybridized carbons (Fsp3) is 0.364. The molecule has 0 aliphatic rings. The molecule has 1 N–H and O–H groups in total. The highest BCUT2D eigenvalue weighted by Crippen LogP contribution is 2.13. The van der Waals surface area contributed by atoms with E-state index in [2.05, 4.69) is 20.3 Å². The topological polar surface area (TPSA) is 59.9 Å². The molecule has 2 heterocycles. The molecule has 0 aliphatic carbocycles.